The van der Waals surface area contributed by atoms with Gasteiger partial charge in [-0.3, -0.25) is 10.1 Å². The van der Waals surface area contributed by atoms with Crippen molar-refractivity contribution in [3.05, 3.63) is 28.3 Å². The minimum atomic E-state index is -0.568. The highest BCUT2D eigenvalue weighted by Gasteiger charge is 2.17. The molecular weight excluding hydrogens is 210 g/mol. The minimum absolute atomic E-state index is 0.240. The number of piperazine rings is 1. The van der Waals surface area contributed by atoms with E-state index in [2.05, 4.69) is 10.2 Å². The number of rotatable bonds is 2. The Bertz CT molecular complexity index is 402. The van der Waals surface area contributed by atoms with Crippen molar-refractivity contribution in [2.75, 3.05) is 31.1 Å². The number of nitro benzene ring substituents is 1. The van der Waals surface area contributed by atoms with Gasteiger partial charge in [0.05, 0.1) is 4.92 Å². The van der Waals surface area contributed by atoms with Crippen LogP contribution in [0.25, 0.3) is 0 Å². The number of aromatic hydroxyl groups is 1. The van der Waals surface area contributed by atoms with Gasteiger partial charge < -0.3 is 15.3 Å². The summed E-state index contributed by atoms with van der Waals surface area (Å²) in [4.78, 5) is 12.2. The highest BCUT2D eigenvalue weighted by atomic mass is 16.6. The average Bonchev–Trinajstić information content (AvgIpc) is 2.30. The summed E-state index contributed by atoms with van der Waals surface area (Å²) in [6, 6.07) is 4.49. The Morgan fingerprint density at radius 2 is 2.06 bits per heavy atom. The van der Waals surface area contributed by atoms with Gasteiger partial charge in [-0.15, -0.1) is 0 Å². The summed E-state index contributed by atoms with van der Waals surface area (Å²) in [6.07, 6.45) is 0. The zero-order valence-corrected chi connectivity index (χ0v) is 8.72. The van der Waals surface area contributed by atoms with Gasteiger partial charge in [-0.1, -0.05) is 0 Å². The summed E-state index contributed by atoms with van der Waals surface area (Å²) < 4.78 is 0. The second-order valence-electron chi connectivity index (χ2n) is 3.67. The molecule has 1 aromatic carbocycles. The molecule has 1 aliphatic heterocycles. The molecule has 16 heavy (non-hydrogen) atoms. The normalized spacial score (nSPS) is 16.1. The molecule has 0 radical (unpaired) electrons. The third-order valence-electron chi connectivity index (χ3n) is 2.64. The number of benzene rings is 1. The fourth-order valence-corrected chi connectivity index (χ4v) is 1.78. The number of hydrogen-bond donors (Lipinski definition) is 2. The van der Waals surface area contributed by atoms with E-state index in [-0.39, 0.29) is 11.4 Å². The Morgan fingerprint density at radius 3 is 2.69 bits per heavy atom. The van der Waals surface area contributed by atoms with Crippen molar-refractivity contribution in [3.63, 3.8) is 0 Å². The molecule has 6 heteroatoms. The fraction of sp³-hybridized carbons (Fsp3) is 0.400. The van der Waals surface area contributed by atoms with Crippen molar-refractivity contribution in [1.29, 1.82) is 0 Å². The Hall–Kier alpha value is -1.82. The quantitative estimate of drug-likeness (QED) is 0.570. The number of phenolic OH excluding ortho intramolecular Hbond substituents is 1. The first-order valence-electron chi connectivity index (χ1n) is 5.11. The zero-order chi connectivity index (χ0) is 11.5. The van der Waals surface area contributed by atoms with E-state index in [9.17, 15) is 15.2 Å². The summed E-state index contributed by atoms with van der Waals surface area (Å²) in [6.45, 7) is 3.38. The topological polar surface area (TPSA) is 78.6 Å². The minimum Gasteiger partial charge on any atom is -0.502 e. The molecule has 0 spiro atoms. The van der Waals surface area contributed by atoms with Crippen molar-refractivity contribution in [3.8, 4) is 5.75 Å². The van der Waals surface area contributed by atoms with Gasteiger partial charge >= 0.3 is 5.69 Å². The molecule has 86 valence electrons. The van der Waals surface area contributed by atoms with Gasteiger partial charge in [0.15, 0.2) is 5.75 Å². The molecule has 0 bridgehead atoms. The molecule has 0 amide bonds. The highest BCUT2D eigenvalue weighted by Crippen LogP contribution is 2.30. The van der Waals surface area contributed by atoms with Crippen LogP contribution in [0.5, 0.6) is 5.75 Å². The van der Waals surface area contributed by atoms with E-state index in [1.165, 1.54) is 12.1 Å². The number of nitrogens with zero attached hydrogens (tertiary/aromatic N) is 2. The van der Waals surface area contributed by atoms with E-state index in [0.717, 1.165) is 31.9 Å². The van der Waals surface area contributed by atoms with Gasteiger partial charge in [-0.25, -0.2) is 0 Å². The first kappa shape index (κ1) is 10.7. The Morgan fingerprint density at radius 1 is 1.38 bits per heavy atom. The van der Waals surface area contributed by atoms with Crippen LogP contribution in [-0.4, -0.2) is 36.2 Å². The van der Waals surface area contributed by atoms with Crippen LogP contribution >= 0.6 is 0 Å². The fourth-order valence-electron chi connectivity index (χ4n) is 1.78. The van der Waals surface area contributed by atoms with Crippen molar-refractivity contribution in [1.82, 2.24) is 5.32 Å². The number of nitro groups is 1. The first-order valence-corrected chi connectivity index (χ1v) is 5.11. The van der Waals surface area contributed by atoms with Crippen LogP contribution in [0.2, 0.25) is 0 Å². The molecule has 6 nitrogen and oxygen atoms in total. The molecule has 0 aromatic heterocycles. The van der Waals surface area contributed by atoms with Gasteiger partial charge in [0.1, 0.15) is 0 Å². The van der Waals surface area contributed by atoms with Crippen molar-refractivity contribution >= 4 is 11.4 Å². The molecule has 2 N–H and O–H groups in total. The Kier molecular flexibility index (Phi) is 2.91. The summed E-state index contributed by atoms with van der Waals surface area (Å²) in [5.74, 6) is -0.288. The van der Waals surface area contributed by atoms with Crippen LogP contribution in [0.15, 0.2) is 18.2 Å². The van der Waals surface area contributed by atoms with E-state index in [4.69, 9.17) is 0 Å². The van der Waals surface area contributed by atoms with Crippen molar-refractivity contribution < 1.29 is 10.0 Å². The third kappa shape index (κ3) is 2.06. The van der Waals surface area contributed by atoms with E-state index in [1.54, 1.807) is 6.07 Å². The number of phenols is 1. The maximum absolute atomic E-state index is 10.7. The number of anilines is 1. The van der Waals surface area contributed by atoms with E-state index < -0.39 is 4.92 Å². The summed E-state index contributed by atoms with van der Waals surface area (Å²) in [7, 11) is 0. The lowest BCUT2D eigenvalue weighted by Gasteiger charge is -2.29. The molecule has 1 heterocycles. The molecule has 0 aliphatic carbocycles. The predicted octanol–water partition coefficient (Wildman–Crippen LogP) is 0.710. The van der Waals surface area contributed by atoms with Gasteiger partial charge in [0.2, 0.25) is 0 Å². The monoisotopic (exact) mass is 223 g/mol. The second kappa shape index (κ2) is 4.36. The van der Waals surface area contributed by atoms with Gasteiger partial charge in [-0.2, -0.15) is 0 Å². The first-order chi connectivity index (χ1) is 7.68. The molecule has 2 rings (SSSR count). The SMILES string of the molecule is O=[N+]([O-])c1cc(N2CCNCC2)ccc1O. The average molecular weight is 223 g/mol. The zero-order valence-electron chi connectivity index (χ0n) is 8.72. The molecule has 1 saturated heterocycles. The van der Waals surface area contributed by atoms with E-state index >= 15 is 0 Å². The van der Waals surface area contributed by atoms with Gasteiger partial charge in [0, 0.05) is 37.9 Å². The maximum atomic E-state index is 10.7. The number of hydrogen-bond acceptors (Lipinski definition) is 5. The highest BCUT2D eigenvalue weighted by molar-refractivity contribution is 5.59. The lowest BCUT2D eigenvalue weighted by Crippen LogP contribution is -2.43. The smallest absolute Gasteiger partial charge is 0.312 e. The summed E-state index contributed by atoms with van der Waals surface area (Å²) in [5.41, 5.74) is 0.544. The second-order valence-corrected chi connectivity index (χ2v) is 3.67. The Labute approximate surface area is 92.6 Å². The molecule has 0 unspecified atom stereocenters. The predicted molar refractivity (Wildman–Crippen MR) is 59.8 cm³/mol. The molecular formula is C10H13N3O3. The summed E-state index contributed by atoms with van der Waals surface area (Å²) >= 11 is 0. The lowest BCUT2D eigenvalue weighted by molar-refractivity contribution is -0.385. The van der Waals surface area contributed by atoms with Gasteiger partial charge in [0.25, 0.3) is 0 Å². The van der Waals surface area contributed by atoms with Gasteiger partial charge in [-0.05, 0) is 12.1 Å². The molecule has 1 aliphatic rings. The van der Waals surface area contributed by atoms with Crippen LogP contribution in [-0.2, 0) is 0 Å². The van der Waals surface area contributed by atoms with Crippen LogP contribution in [0.1, 0.15) is 0 Å². The van der Waals surface area contributed by atoms with Crippen molar-refractivity contribution in [2.45, 2.75) is 0 Å². The molecule has 0 saturated carbocycles. The van der Waals surface area contributed by atoms with Crippen LogP contribution < -0.4 is 10.2 Å². The number of nitrogens with one attached hydrogen (secondary N) is 1. The third-order valence-corrected chi connectivity index (χ3v) is 2.64. The van der Waals surface area contributed by atoms with Crippen LogP contribution in [0.4, 0.5) is 11.4 Å². The van der Waals surface area contributed by atoms with Crippen LogP contribution in [0.3, 0.4) is 0 Å². The Balaban J connectivity index is 2.27. The largest absolute Gasteiger partial charge is 0.502 e. The van der Waals surface area contributed by atoms with E-state index in [1.807, 2.05) is 0 Å². The summed E-state index contributed by atoms with van der Waals surface area (Å²) in [5, 5.41) is 23.2. The van der Waals surface area contributed by atoms with Crippen LogP contribution in [0, 0.1) is 10.1 Å². The maximum Gasteiger partial charge on any atom is 0.312 e. The standard InChI is InChI=1S/C10H13N3O3/c14-10-2-1-8(7-9(10)13(15)16)12-5-3-11-4-6-12/h1-2,7,11,14H,3-6H2. The van der Waals surface area contributed by atoms with Crippen molar-refractivity contribution in [2.24, 2.45) is 0 Å². The molecule has 1 aromatic rings. The molecule has 1 fully saturated rings. The molecule has 0 atom stereocenters. The lowest BCUT2D eigenvalue weighted by atomic mass is 10.2. The van der Waals surface area contributed by atoms with E-state index in [0.29, 0.717) is 0 Å².